The predicted molar refractivity (Wildman–Crippen MR) is 113 cm³/mol. The molecular formula is C20H21Cl2N3O4. The maximum absolute atomic E-state index is 13.1. The quantitative estimate of drug-likeness (QED) is 0.745. The van der Waals surface area contributed by atoms with E-state index < -0.39 is 23.1 Å². The molecular weight excluding hydrogens is 417 g/mol. The van der Waals surface area contributed by atoms with Gasteiger partial charge in [-0.25, -0.2) is 9.59 Å². The standard InChI is InChI=1S/C20H21Cl2N3O4/c1-9(2)29-19(27)14-10(3)23-17-16(18(26)25(5)20(28)24(17)4)15(14)11-6-7-12(21)13(22)8-11/h6-9,15,23H,1-5H3. The molecule has 154 valence electrons. The van der Waals surface area contributed by atoms with Gasteiger partial charge in [0.2, 0.25) is 0 Å². The van der Waals surface area contributed by atoms with Gasteiger partial charge in [-0.3, -0.25) is 13.9 Å². The van der Waals surface area contributed by atoms with E-state index in [1.165, 1.54) is 11.6 Å². The number of fused-ring (bicyclic) bond motifs is 1. The Hall–Kier alpha value is -2.51. The van der Waals surface area contributed by atoms with Gasteiger partial charge in [0.15, 0.2) is 0 Å². The minimum absolute atomic E-state index is 0.259. The molecule has 9 heteroatoms. The van der Waals surface area contributed by atoms with Crippen LogP contribution in [0.25, 0.3) is 0 Å². The van der Waals surface area contributed by atoms with E-state index >= 15 is 0 Å². The van der Waals surface area contributed by atoms with Gasteiger partial charge < -0.3 is 10.1 Å². The normalized spacial score (nSPS) is 15.9. The molecule has 1 aromatic carbocycles. The third kappa shape index (κ3) is 3.60. The molecule has 0 bridgehead atoms. The lowest BCUT2D eigenvalue weighted by Crippen LogP contribution is -2.43. The largest absolute Gasteiger partial charge is 0.460 e. The zero-order chi connectivity index (χ0) is 21.6. The number of halogens is 2. The first-order valence-corrected chi connectivity index (χ1v) is 9.73. The highest BCUT2D eigenvalue weighted by molar-refractivity contribution is 6.42. The average molecular weight is 438 g/mol. The van der Waals surface area contributed by atoms with Gasteiger partial charge in [0.1, 0.15) is 5.82 Å². The number of esters is 1. The Morgan fingerprint density at radius 1 is 1.14 bits per heavy atom. The Labute approximate surface area is 177 Å². The molecule has 3 rings (SSSR count). The lowest BCUT2D eigenvalue weighted by atomic mass is 9.82. The van der Waals surface area contributed by atoms with Crippen LogP contribution in [0.15, 0.2) is 39.1 Å². The number of carbonyl (C=O) groups is 1. The maximum atomic E-state index is 13.1. The van der Waals surface area contributed by atoms with Gasteiger partial charge >= 0.3 is 11.7 Å². The fourth-order valence-corrected chi connectivity index (χ4v) is 3.77. The summed E-state index contributed by atoms with van der Waals surface area (Å²) in [5.41, 5.74) is 0.634. The van der Waals surface area contributed by atoms with Crippen LogP contribution >= 0.6 is 23.2 Å². The zero-order valence-corrected chi connectivity index (χ0v) is 18.2. The Morgan fingerprint density at radius 2 is 1.79 bits per heavy atom. The molecule has 1 unspecified atom stereocenters. The van der Waals surface area contributed by atoms with Crippen LogP contribution in [0, 0.1) is 0 Å². The van der Waals surface area contributed by atoms with Gasteiger partial charge in [-0.2, -0.15) is 0 Å². The summed E-state index contributed by atoms with van der Waals surface area (Å²) in [5.74, 6) is -1.01. The molecule has 0 radical (unpaired) electrons. The Bertz CT molecular complexity index is 1160. The summed E-state index contributed by atoms with van der Waals surface area (Å²) in [4.78, 5) is 38.5. The molecule has 0 fully saturated rings. The zero-order valence-electron chi connectivity index (χ0n) is 16.7. The van der Waals surface area contributed by atoms with Crippen molar-refractivity contribution in [3.05, 3.63) is 71.5 Å². The molecule has 1 atom stereocenters. The third-order valence-electron chi connectivity index (χ3n) is 4.83. The van der Waals surface area contributed by atoms with Crippen molar-refractivity contribution >= 4 is 35.0 Å². The number of hydrogen-bond donors (Lipinski definition) is 1. The summed E-state index contributed by atoms with van der Waals surface area (Å²) in [7, 11) is 2.96. The van der Waals surface area contributed by atoms with Crippen molar-refractivity contribution in [3.8, 4) is 0 Å². The second-order valence-electron chi connectivity index (χ2n) is 7.19. The van der Waals surface area contributed by atoms with Crippen LogP contribution in [-0.4, -0.2) is 21.2 Å². The molecule has 29 heavy (non-hydrogen) atoms. The van der Waals surface area contributed by atoms with E-state index in [-0.39, 0.29) is 17.2 Å². The average Bonchev–Trinajstić information content (AvgIpc) is 2.65. The fourth-order valence-electron chi connectivity index (χ4n) is 3.46. The van der Waals surface area contributed by atoms with Gasteiger partial charge in [-0.1, -0.05) is 29.3 Å². The van der Waals surface area contributed by atoms with Gasteiger partial charge in [-0.05, 0) is 38.5 Å². The molecule has 1 aliphatic rings. The lowest BCUT2D eigenvalue weighted by Gasteiger charge is -2.31. The van der Waals surface area contributed by atoms with Crippen LogP contribution in [0.1, 0.15) is 37.8 Å². The van der Waals surface area contributed by atoms with Crippen LogP contribution in [0.5, 0.6) is 0 Å². The molecule has 0 aliphatic carbocycles. The van der Waals surface area contributed by atoms with Gasteiger partial charge in [0.05, 0.1) is 33.2 Å². The molecule has 1 N–H and O–H groups in total. The number of anilines is 1. The second-order valence-corrected chi connectivity index (χ2v) is 8.01. The van der Waals surface area contributed by atoms with E-state index in [1.807, 2.05) is 0 Å². The number of benzene rings is 1. The van der Waals surface area contributed by atoms with Crippen LogP contribution in [0.4, 0.5) is 5.82 Å². The summed E-state index contributed by atoms with van der Waals surface area (Å²) < 4.78 is 7.79. The van der Waals surface area contributed by atoms with Crippen molar-refractivity contribution in [3.63, 3.8) is 0 Å². The summed E-state index contributed by atoms with van der Waals surface area (Å²) in [6.45, 7) is 5.19. The van der Waals surface area contributed by atoms with Crippen molar-refractivity contribution in [2.24, 2.45) is 14.1 Å². The highest BCUT2D eigenvalue weighted by Crippen LogP contribution is 2.41. The van der Waals surface area contributed by atoms with E-state index in [4.69, 9.17) is 27.9 Å². The monoisotopic (exact) mass is 437 g/mol. The summed E-state index contributed by atoms with van der Waals surface area (Å²) in [6, 6.07) is 4.92. The minimum Gasteiger partial charge on any atom is -0.460 e. The number of hydrogen-bond acceptors (Lipinski definition) is 5. The van der Waals surface area contributed by atoms with Crippen molar-refractivity contribution in [2.75, 3.05) is 5.32 Å². The van der Waals surface area contributed by atoms with E-state index in [2.05, 4.69) is 5.32 Å². The second kappa shape index (κ2) is 7.72. The molecule has 0 saturated heterocycles. The number of nitrogens with one attached hydrogen (secondary N) is 1. The van der Waals surface area contributed by atoms with Gasteiger partial charge in [-0.15, -0.1) is 0 Å². The van der Waals surface area contributed by atoms with Gasteiger partial charge in [0.25, 0.3) is 5.56 Å². The fraction of sp³-hybridized carbons (Fsp3) is 0.350. The number of ether oxygens (including phenoxy) is 1. The van der Waals surface area contributed by atoms with Gasteiger partial charge in [0, 0.05) is 19.8 Å². The summed E-state index contributed by atoms with van der Waals surface area (Å²) in [6.07, 6.45) is -0.346. The van der Waals surface area contributed by atoms with Crippen molar-refractivity contribution in [1.82, 2.24) is 9.13 Å². The first-order valence-electron chi connectivity index (χ1n) is 8.98. The Balaban J connectivity index is 2.38. The predicted octanol–water partition coefficient (Wildman–Crippen LogP) is 3.17. The van der Waals surface area contributed by atoms with Crippen LogP contribution in [0.3, 0.4) is 0 Å². The van der Waals surface area contributed by atoms with E-state index in [1.54, 1.807) is 46.0 Å². The SMILES string of the molecule is CC1=C(C(=O)OC(C)C)C(c2ccc(Cl)c(Cl)c2)c2c(n(C)c(=O)n(C)c2=O)N1. The van der Waals surface area contributed by atoms with Crippen molar-refractivity contribution in [2.45, 2.75) is 32.8 Å². The topological polar surface area (TPSA) is 82.3 Å². The smallest absolute Gasteiger partial charge is 0.337 e. The molecule has 1 aliphatic heterocycles. The van der Waals surface area contributed by atoms with Crippen molar-refractivity contribution < 1.29 is 9.53 Å². The maximum Gasteiger partial charge on any atom is 0.337 e. The van der Waals surface area contributed by atoms with E-state index in [9.17, 15) is 14.4 Å². The molecule has 0 saturated carbocycles. The third-order valence-corrected chi connectivity index (χ3v) is 5.57. The van der Waals surface area contributed by atoms with Crippen molar-refractivity contribution in [1.29, 1.82) is 0 Å². The first-order chi connectivity index (χ1) is 13.5. The highest BCUT2D eigenvalue weighted by Gasteiger charge is 2.37. The Kier molecular flexibility index (Phi) is 5.65. The molecule has 7 nitrogen and oxygen atoms in total. The number of rotatable bonds is 3. The number of aromatic nitrogens is 2. The van der Waals surface area contributed by atoms with E-state index in [0.717, 1.165) is 4.57 Å². The Morgan fingerprint density at radius 3 is 2.38 bits per heavy atom. The number of allylic oxidation sites excluding steroid dienone is 1. The summed E-state index contributed by atoms with van der Waals surface area (Å²) in [5, 5.41) is 3.68. The molecule has 2 aromatic rings. The number of nitrogens with zero attached hydrogens (tertiary/aromatic N) is 2. The van der Waals surface area contributed by atoms with Crippen LogP contribution < -0.4 is 16.6 Å². The lowest BCUT2D eigenvalue weighted by molar-refractivity contribution is -0.143. The number of carbonyl (C=O) groups excluding carboxylic acids is 1. The summed E-state index contributed by atoms with van der Waals surface area (Å²) >= 11 is 12.3. The molecule has 1 aromatic heterocycles. The minimum atomic E-state index is -0.780. The van der Waals surface area contributed by atoms with Crippen LogP contribution in [-0.2, 0) is 23.6 Å². The molecule has 0 amide bonds. The van der Waals surface area contributed by atoms with E-state index in [0.29, 0.717) is 27.1 Å². The molecule has 0 spiro atoms. The highest BCUT2D eigenvalue weighted by atomic mass is 35.5. The molecule has 2 heterocycles. The van der Waals surface area contributed by atoms with Crippen LogP contribution in [0.2, 0.25) is 10.0 Å². The first kappa shape index (κ1) is 21.2.